The minimum absolute atomic E-state index is 0.267. The number of amides is 1. The van der Waals surface area contributed by atoms with E-state index in [1.165, 1.54) is 15.8 Å². The highest BCUT2D eigenvalue weighted by molar-refractivity contribution is 7.16. The first-order valence-electron chi connectivity index (χ1n) is 7.45. The van der Waals surface area contributed by atoms with Crippen molar-refractivity contribution in [1.29, 1.82) is 0 Å². The lowest BCUT2D eigenvalue weighted by Gasteiger charge is -2.04. The minimum atomic E-state index is -0.267. The monoisotopic (exact) mass is 344 g/mol. The summed E-state index contributed by atoms with van der Waals surface area (Å²) >= 11 is 7.52. The number of thiazole rings is 1. The lowest BCUT2D eigenvalue weighted by Crippen LogP contribution is -2.16. The summed E-state index contributed by atoms with van der Waals surface area (Å²) in [5.74, 6) is -0.267. The standard InChI is InChI=1S/C18H17ClN2OS/c1-4-21-15-11(2)8-9-12(3)16(15)23-18(21)20-17(22)13-6-5-7-14(19)10-13/h5-10H,4H2,1-3H3. The van der Waals surface area contributed by atoms with Gasteiger partial charge in [0.25, 0.3) is 5.91 Å². The average Bonchev–Trinajstić information content (AvgIpc) is 2.90. The Hall–Kier alpha value is -1.91. The summed E-state index contributed by atoms with van der Waals surface area (Å²) in [6, 6.07) is 11.1. The maximum atomic E-state index is 12.4. The van der Waals surface area contributed by atoms with Gasteiger partial charge in [0.2, 0.25) is 0 Å². The summed E-state index contributed by atoms with van der Waals surface area (Å²) in [5.41, 5.74) is 4.07. The topological polar surface area (TPSA) is 34.4 Å². The van der Waals surface area contributed by atoms with Crippen LogP contribution in [-0.4, -0.2) is 10.5 Å². The molecule has 0 aliphatic rings. The Kier molecular flexibility index (Phi) is 4.37. The number of nitrogens with zero attached hydrogens (tertiary/aromatic N) is 2. The Bertz CT molecular complexity index is 969. The van der Waals surface area contributed by atoms with Crippen molar-refractivity contribution >= 4 is 39.1 Å². The zero-order valence-electron chi connectivity index (χ0n) is 13.3. The number of carbonyl (C=O) groups excluding carboxylic acids is 1. The predicted octanol–water partition coefficient (Wildman–Crippen LogP) is 4.73. The van der Waals surface area contributed by atoms with Gasteiger partial charge < -0.3 is 4.57 Å². The fourth-order valence-electron chi connectivity index (χ4n) is 2.63. The largest absolute Gasteiger partial charge is 0.316 e. The summed E-state index contributed by atoms with van der Waals surface area (Å²) in [6.45, 7) is 7.01. The third kappa shape index (κ3) is 2.96. The van der Waals surface area contributed by atoms with E-state index < -0.39 is 0 Å². The van der Waals surface area contributed by atoms with Crippen LogP contribution in [0.15, 0.2) is 41.4 Å². The molecule has 0 N–H and O–H groups in total. The number of hydrogen-bond donors (Lipinski definition) is 0. The van der Waals surface area contributed by atoms with Crippen molar-refractivity contribution in [1.82, 2.24) is 4.57 Å². The number of benzene rings is 2. The Morgan fingerprint density at radius 3 is 2.65 bits per heavy atom. The quantitative estimate of drug-likeness (QED) is 0.661. The van der Waals surface area contributed by atoms with Gasteiger partial charge in [0.1, 0.15) is 0 Å². The van der Waals surface area contributed by atoms with Gasteiger partial charge in [-0.3, -0.25) is 4.79 Å². The number of aromatic nitrogens is 1. The molecule has 2 aromatic carbocycles. The molecule has 0 aliphatic carbocycles. The number of carbonyl (C=O) groups is 1. The predicted molar refractivity (Wildman–Crippen MR) is 96.3 cm³/mol. The highest BCUT2D eigenvalue weighted by Crippen LogP contribution is 2.25. The Morgan fingerprint density at radius 2 is 1.96 bits per heavy atom. The maximum absolute atomic E-state index is 12.4. The summed E-state index contributed by atoms with van der Waals surface area (Å²) < 4.78 is 3.29. The molecule has 3 aromatic rings. The summed E-state index contributed by atoms with van der Waals surface area (Å²) in [7, 11) is 0. The first kappa shape index (κ1) is 16.0. The smallest absolute Gasteiger partial charge is 0.279 e. The fraction of sp³-hybridized carbons (Fsp3) is 0.222. The molecule has 0 radical (unpaired) electrons. The highest BCUT2D eigenvalue weighted by Gasteiger charge is 2.11. The van der Waals surface area contributed by atoms with E-state index in [1.807, 2.05) is 0 Å². The van der Waals surface area contributed by atoms with E-state index in [2.05, 4.69) is 42.5 Å². The van der Waals surface area contributed by atoms with E-state index >= 15 is 0 Å². The van der Waals surface area contributed by atoms with E-state index in [0.717, 1.165) is 16.9 Å². The van der Waals surface area contributed by atoms with Gasteiger partial charge in [0, 0.05) is 17.1 Å². The molecule has 3 rings (SSSR count). The van der Waals surface area contributed by atoms with Crippen LogP contribution in [0.5, 0.6) is 0 Å². The molecule has 0 saturated heterocycles. The van der Waals surface area contributed by atoms with Crippen LogP contribution in [0.1, 0.15) is 28.4 Å². The van der Waals surface area contributed by atoms with E-state index in [-0.39, 0.29) is 5.91 Å². The molecule has 0 bridgehead atoms. The first-order valence-corrected chi connectivity index (χ1v) is 8.65. The Labute approximate surface area is 143 Å². The van der Waals surface area contributed by atoms with Crippen molar-refractivity contribution < 1.29 is 4.79 Å². The lowest BCUT2D eigenvalue weighted by atomic mass is 10.1. The second-order valence-corrected chi connectivity index (χ2v) is 6.85. The zero-order valence-corrected chi connectivity index (χ0v) is 14.8. The van der Waals surface area contributed by atoms with E-state index in [1.54, 1.807) is 35.6 Å². The van der Waals surface area contributed by atoms with Crippen molar-refractivity contribution in [2.24, 2.45) is 4.99 Å². The lowest BCUT2D eigenvalue weighted by molar-refractivity contribution is 0.0998. The van der Waals surface area contributed by atoms with Crippen LogP contribution < -0.4 is 4.80 Å². The van der Waals surface area contributed by atoms with Crippen LogP contribution >= 0.6 is 22.9 Å². The molecule has 0 saturated carbocycles. The van der Waals surface area contributed by atoms with E-state index in [9.17, 15) is 4.79 Å². The van der Waals surface area contributed by atoms with Crippen LogP contribution in [0.3, 0.4) is 0 Å². The second-order valence-electron chi connectivity index (χ2n) is 5.43. The van der Waals surface area contributed by atoms with E-state index in [4.69, 9.17) is 11.6 Å². The number of hydrogen-bond acceptors (Lipinski definition) is 2. The summed E-state index contributed by atoms with van der Waals surface area (Å²) in [5, 5.41) is 0.539. The minimum Gasteiger partial charge on any atom is -0.316 e. The normalized spacial score (nSPS) is 12.1. The Morgan fingerprint density at radius 1 is 1.22 bits per heavy atom. The molecule has 1 heterocycles. The van der Waals surface area contributed by atoms with Crippen molar-refractivity contribution in [3.8, 4) is 0 Å². The molecule has 5 heteroatoms. The van der Waals surface area contributed by atoms with E-state index in [0.29, 0.717) is 10.6 Å². The first-order chi connectivity index (χ1) is 11.0. The van der Waals surface area contributed by atoms with Crippen LogP contribution in [0.4, 0.5) is 0 Å². The fourth-order valence-corrected chi connectivity index (χ4v) is 4.06. The molecular formula is C18H17ClN2OS. The van der Waals surface area contributed by atoms with Gasteiger partial charge in [-0.2, -0.15) is 4.99 Å². The molecule has 0 unspecified atom stereocenters. The number of rotatable bonds is 2. The van der Waals surface area contributed by atoms with Gasteiger partial charge in [-0.1, -0.05) is 41.1 Å². The zero-order chi connectivity index (χ0) is 16.6. The molecule has 0 spiro atoms. The molecule has 3 nitrogen and oxygen atoms in total. The van der Waals surface area contributed by atoms with Crippen LogP contribution in [0, 0.1) is 13.8 Å². The molecule has 0 atom stereocenters. The number of fused-ring (bicyclic) bond motifs is 1. The van der Waals surface area contributed by atoms with Crippen molar-refractivity contribution in [3.63, 3.8) is 0 Å². The van der Waals surface area contributed by atoms with Gasteiger partial charge in [-0.05, 0) is 50.1 Å². The molecule has 0 fully saturated rings. The molecule has 1 aromatic heterocycles. The number of aryl methyl sites for hydroxylation is 3. The summed E-state index contributed by atoms with van der Waals surface area (Å²) in [4.78, 5) is 17.5. The van der Waals surface area contributed by atoms with Gasteiger partial charge in [-0.15, -0.1) is 0 Å². The molecule has 0 aliphatic heterocycles. The second kappa shape index (κ2) is 6.30. The van der Waals surface area contributed by atoms with Crippen molar-refractivity contribution in [2.75, 3.05) is 0 Å². The number of halogens is 1. The van der Waals surface area contributed by atoms with Crippen LogP contribution in [0.25, 0.3) is 10.2 Å². The van der Waals surface area contributed by atoms with Gasteiger partial charge in [0.05, 0.1) is 10.2 Å². The van der Waals surface area contributed by atoms with Gasteiger partial charge in [0.15, 0.2) is 4.80 Å². The van der Waals surface area contributed by atoms with Crippen LogP contribution in [0.2, 0.25) is 5.02 Å². The van der Waals surface area contributed by atoms with Gasteiger partial charge in [-0.25, -0.2) is 0 Å². The molecular weight excluding hydrogens is 328 g/mol. The molecule has 1 amide bonds. The van der Waals surface area contributed by atoms with Crippen molar-refractivity contribution in [3.05, 3.63) is 62.9 Å². The Balaban J connectivity index is 2.21. The third-order valence-electron chi connectivity index (χ3n) is 3.81. The molecule has 118 valence electrons. The summed E-state index contributed by atoms with van der Waals surface area (Å²) in [6.07, 6.45) is 0. The van der Waals surface area contributed by atoms with Gasteiger partial charge >= 0.3 is 0 Å². The molecule has 23 heavy (non-hydrogen) atoms. The average molecular weight is 345 g/mol. The SMILES string of the molecule is CCn1c(=NC(=O)c2cccc(Cl)c2)sc2c(C)ccc(C)c21. The van der Waals surface area contributed by atoms with Crippen LogP contribution in [-0.2, 0) is 6.54 Å². The van der Waals surface area contributed by atoms with Crippen molar-refractivity contribution in [2.45, 2.75) is 27.3 Å². The highest BCUT2D eigenvalue weighted by atomic mass is 35.5. The maximum Gasteiger partial charge on any atom is 0.279 e. The third-order valence-corrected chi connectivity index (χ3v) is 5.26.